The minimum atomic E-state index is -4.02. The van der Waals surface area contributed by atoms with Crippen LogP contribution in [0.2, 0.25) is 0 Å². The molecule has 0 aromatic heterocycles. The van der Waals surface area contributed by atoms with Gasteiger partial charge in [-0.2, -0.15) is 11.8 Å². The largest absolute Gasteiger partial charge is 0.472 e. The summed E-state index contributed by atoms with van der Waals surface area (Å²) in [6, 6.07) is 0. The van der Waals surface area contributed by atoms with Gasteiger partial charge in [0.15, 0.2) is 0 Å². The first-order valence-corrected chi connectivity index (χ1v) is 18.0. The van der Waals surface area contributed by atoms with Gasteiger partial charge in [0.25, 0.3) is 0 Å². The van der Waals surface area contributed by atoms with Crippen molar-refractivity contribution in [3.63, 3.8) is 0 Å². The second-order valence-electron chi connectivity index (χ2n) is 10.4. The van der Waals surface area contributed by atoms with Gasteiger partial charge in [-0.05, 0) is 34.8 Å². The van der Waals surface area contributed by atoms with Crippen molar-refractivity contribution in [3.05, 3.63) is 0 Å². The maximum Gasteiger partial charge on any atom is 0.472 e. The molecule has 0 amide bonds. The molecule has 0 spiro atoms. The van der Waals surface area contributed by atoms with Gasteiger partial charge in [0.1, 0.15) is 17.7 Å². The molecule has 35 heavy (non-hydrogen) atoms. The number of alkyl halides is 1. The first kappa shape index (κ1) is 36.1. The Balaban J connectivity index is 3.69. The Kier molecular flexibility index (Phi) is 24.9. The van der Waals surface area contributed by atoms with E-state index in [4.69, 9.17) is 13.8 Å². The van der Waals surface area contributed by atoms with Crippen molar-refractivity contribution in [2.75, 3.05) is 63.6 Å². The fourth-order valence-corrected chi connectivity index (χ4v) is 5.96. The predicted octanol–water partition coefficient (Wildman–Crippen LogP) is 8.07. The second kappa shape index (κ2) is 24.2. The Labute approximate surface area is 235 Å². The molecule has 0 aromatic carbocycles. The van der Waals surface area contributed by atoms with E-state index in [9.17, 15) is 9.46 Å². The normalized spacial score (nSPS) is 14.8. The average Bonchev–Trinajstić information content (AvgIpc) is 2.82. The lowest BCUT2D eigenvalue weighted by molar-refractivity contribution is -0.874. The lowest BCUT2D eigenvalue weighted by Gasteiger charge is -2.27. The molecule has 2 unspecified atom stereocenters. The SMILES string of the molecule is CCCCCCCCCCCCCCCCSCC(COC)COP(=O)(O)OCC[N+](C)(C)CI. The number of phosphoric acid groups is 1. The fraction of sp³-hybridized carbons (Fsp3) is 1.00. The van der Waals surface area contributed by atoms with Crippen molar-refractivity contribution in [2.24, 2.45) is 5.92 Å². The zero-order valence-electron chi connectivity index (χ0n) is 23.2. The van der Waals surface area contributed by atoms with Gasteiger partial charge in [0, 0.05) is 18.8 Å². The number of hydrogen-bond donors (Lipinski definition) is 1. The number of methoxy groups -OCH3 is 1. The van der Waals surface area contributed by atoms with Gasteiger partial charge in [-0.15, -0.1) is 0 Å². The van der Waals surface area contributed by atoms with Crippen LogP contribution in [0.1, 0.15) is 96.8 Å². The van der Waals surface area contributed by atoms with E-state index < -0.39 is 7.82 Å². The third kappa shape index (κ3) is 25.2. The highest BCUT2D eigenvalue weighted by molar-refractivity contribution is 14.1. The number of likely N-dealkylation sites (N-methyl/N-ethyl adjacent to an activating group) is 1. The summed E-state index contributed by atoms with van der Waals surface area (Å²) < 4.78 is 29.5. The molecule has 6 nitrogen and oxygen atoms in total. The molecule has 0 saturated carbocycles. The van der Waals surface area contributed by atoms with Crippen molar-refractivity contribution in [1.82, 2.24) is 0 Å². The molecule has 0 saturated heterocycles. The summed E-state index contributed by atoms with van der Waals surface area (Å²) in [5.41, 5.74) is 0. The number of halogens is 1. The number of rotatable bonds is 27. The predicted molar refractivity (Wildman–Crippen MR) is 161 cm³/mol. The smallest absolute Gasteiger partial charge is 0.384 e. The Hall–Kier alpha value is 1.11. The summed E-state index contributed by atoms with van der Waals surface area (Å²) in [7, 11) is 1.75. The van der Waals surface area contributed by atoms with Gasteiger partial charge >= 0.3 is 7.82 Å². The first-order chi connectivity index (χ1) is 16.8. The maximum atomic E-state index is 12.2. The summed E-state index contributed by atoms with van der Waals surface area (Å²) in [5.74, 6) is 2.07. The number of nitrogens with zero attached hydrogens (tertiary/aromatic N) is 1. The highest BCUT2D eigenvalue weighted by Gasteiger charge is 2.25. The van der Waals surface area contributed by atoms with Crippen LogP contribution in [0.4, 0.5) is 0 Å². The van der Waals surface area contributed by atoms with E-state index in [-0.39, 0.29) is 19.1 Å². The molecule has 0 rings (SSSR count). The molecular formula is C26H56INO5PS+. The zero-order chi connectivity index (χ0) is 26.3. The van der Waals surface area contributed by atoms with E-state index in [0.29, 0.717) is 13.2 Å². The van der Waals surface area contributed by atoms with E-state index in [2.05, 4.69) is 43.6 Å². The molecule has 212 valence electrons. The number of unbranched alkanes of at least 4 members (excludes halogenated alkanes) is 13. The number of hydrogen-bond acceptors (Lipinski definition) is 5. The van der Waals surface area contributed by atoms with Gasteiger partial charge in [-0.1, -0.05) is 90.4 Å². The van der Waals surface area contributed by atoms with Crippen molar-refractivity contribution < 1.29 is 27.7 Å². The van der Waals surface area contributed by atoms with Gasteiger partial charge in [0.05, 0.1) is 27.3 Å². The number of thioether (sulfide) groups is 1. The molecule has 9 heteroatoms. The van der Waals surface area contributed by atoms with Crippen LogP contribution in [0.25, 0.3) is 0 Å². The Morgan fingerprint density at radius 2 is 1.37 bits per heavy atom. The van der Waals surface area contributed by atoms with Crippen LogP contribution in [-0.2, 0) is 18.3 Å². The first-order valence-electron chi connectivity index (χ1n) is 13.8. The molecule has 0 aliphatic carbocycles. The molecule has 0 fully saturated rings. The van der Waals surface area contributed by atoms with Crippen LogP contribution in [0.15, 0.2) is 0 Å². The van der Waals surface area contributed by atoms with Gasteiger partial charge in [0.2, 0.25) is 0 Å². The number of ether oxygens (including phenoxy) is 1. The molecule has 0 bridgehead atoms. The third-order valence-corrected chi connectivity index (χ3v) is 10.3. The van der Waals surface area contributed by atoms with E-state index in [0.717, 1.165) is 20.5 Å². The second-order valence-corrected chi connectivity index (χ2v) is 13.7. The highest BCUT2D eigenvalue weighted by atomic mass is 127. The lowest BCUT2D eigenvalue weighted by Crippen LogP contribution is -2.40. The molecule has 0 aromatic rings. The van der Waals surface area contributed by atoms with Crippen LogP contribution in [0.3, 0.4) is 0 Å². The summed E-state index contributed by atoms with van der Waals surface area (Å²) in [4.78, 5) is 9.97. The van der Waals surface area contributed by atoms with E-state index in [1.54, 1.807) is 7.11 Å². The van der Waals surface area contributed by atoms with E-state index in [1.807, 2.05) is 11.8 Å². The van der Waals surface area contributed by atoms with Crippen LogP contribution in [0, 0.1) is 5.92 Å². The topological polar surface area (TPSA) is 65.0 Å². The Morgan fingerprint density at radius 3 is 1.86 bits per heavy atom. The monoisotopic (exact) mass is 652 g/mol. The van der Waals surface area contributed by atoms with Crippen LogP contribution >= 0.6 is 42.2 Å². The summed E-state index contributed by atoms with van der Waals surface area (Å²) in [6.07, 6.45) is 19.3. The van der Waals surface area contributed by atoms with Crippen molar-refractivity contribution in [3.8, 4) is 0 Å². The van der Waals surface area contributed by atoms with Gasteiger partial charge in [-0.3, -0.25) is 9.05 Å². The lowest BCUT2D eigenvalue weighted by atomic mass is 10.0. The molecule has 0 heterocycles. The molecule has 0 aliphatic rings. The highest BCUT2D eigenvalue weighted by Crippen LogP contribution is 2.43. The third-order valence-electron chi connectivity index (χ3n) is 6.15. The zero-order valence-corrected chi connectivity index (χ0v) is 27.1. The van der Waals surface area contributed by atoms with Crippen molar-refractivity contribution >= 4 is 42.2 Å². The molecule has 1 N–H and O–H groups in total. The Bertz CT molecular complexity index is 516. The van der Waals surface area contributed by atoms with Crippen molar-refractivity contribution in [2.45, 2.75) is 96.8 Å². The Morgan fingerprint density at radius 1 is 0.857 bits per heavy atom. The quantitative estimate of drug-likeness (QED) is 0.0242. The molecule has 2 atom stereocenters. The van der Waals surface area contributed by atoms with Gasteiger partial charge in [-0.25, -0.2) is 4.57 Å². The van der Waals surface area contributed by atoms with Crippen LogP contribution < -0.4 is 0 Å². The van der Waals surface area contributed by atoms with E-state index in [1.165, 1.54) is 89.9 Å². The van der Waals surface area contributed by atoms with E-state index >= 15 is 0 Å². The average molecular weight is 653 g/mol. The van der Waals surface area contributed by atoms with Crippen LogP contribution in [0.5, 0.6) is 0 Å². The maximum absolute atomic E-state index is 12.2. The summed E-state index contributed by atoms with van der Waals surface area (Å²) >= 11 is 4.18. The summed E-state index contributed by atoms with van der Waals surface area (Å²) in [5, 5.41) is 0. The standard InChI is InChI=1S/C26H55INO5PS/c1-5-6-7-8-9-10-11-12-13-14-15-16-17-18-21-35-24-26(22-31-4)23-33-34(29,30)32-20-19-28(2,3)25-27/h26H,5-25H2,1-4H3/p+1. The number of phosphoric ester groups is 1. The summed E-state index contributed by atoms with van der Waals surface area (Å²) in [6.45, 7) is 3.84. The van der Waals surface area contributed by atoms with Gasteiger partial charge < -0.3 is 14.1 Å². The van der Waals surface area contributed by atoms with Crippen LogP contribution in [-0.4, -0.2) is 73.0 Å². The minimum absolute atomic E-state index is 0.0855. The van der Waals surface area contributed by atoms with Crippen molar-refractivity contribution in [1.29, 1.82) is 0 Å². The fourth-order valence-electron chi connectivity index (χ4n) is 3.73. The molecular weight excluding hydrogens is 596 g/mol. The molecule has 0 aliphatic heterocycles. The minimum Gasteiger partial charge on any atom is -0.384 e. The molecule has 0 radical (unpaired) electrons. The number of quaternary nitrogens is 1.